The Morgan fingerprint density at radius 2 is 2.12 bits per heavy atom. The van der Waals surface area contributed by atoms with Gasteiger partial charge >= 0.3 is 0 Å². The van der Waals surface area contributed by atoms with Crippen molar-refractivity contribution >= 4 is 11.4 Å². The number of rotatable bonds is 5. The van der Waals surface area contributed by atoms with E-state index >= 15 is 0 Å². The molecule has 0 saturated heterocycles. The van der Waals surface area contributed by atoms with Crippen LogP contribution in [-0.2, 0) is 6.42 Å². The summed E-state index contributed by atoms with van der Waals surface area (Å²) in [4.78, 5) is 0. The van der Waals surface area contributed by atoms with Crippen LogP contribution in [0, 0.1) is 11.2 Å². The second-order valence-electron chi connectivity index (χ2n) is 6.75. The molecule has 0 heterocycles. The topological polar surface area (TPSA) is 24.7 Å². The van der Waals surface area contributed by atoms with Crippen molar-refractivity contribution in [2.75, 3.05) is 0 Å². The fourth-order valence-electron chi connectivity index (χ4n) is 2.96. The number of halogens is 1. The molecule has 0 aromatic heterocycles. The van der Waals surface area contributed by atoms with E-state index in [1.54, 1.807) is 18.2 Å². The summed E-state index contributed by atoms with van der Waals surface area (Å²) in [5.41, 5.74) is 6.17. The molecule has 0 fully saturated rings. The molecule has 130 valence electrons. The molecule has 0 saturated carbocycles. The molecule has 25 heavy (non-hydrogen) atoms. The fourth-order valence-corrected chi connectivity index (χ4v) is 2.96. The summed E-state index contributed by atoms with van der Waals surface area (Å²) in [7, 11) is 0. The van der Waals surface area contributed by atoms with Gasteiger partial charge in [-0.05, 0) is 42.4 Å². The van der Waals surface area contributed by atoms with Crippen molar-refractivity contribution in [1.82, 2.24) is 0 Å². The summed E-state index contributed by atoms with van der Waals surface area (Å²) >= 11 is 0. The summed E-state index contributed by atoms with van der Waals surface area (Å²) in [5.74, 6) is -0.261. The van der Waals surface area contributed by atoms with Crippen molar-refractivity contribution in [2.45, 2.75) is 40.5 Å². The van der Waals surface area contributed by atoms with Gasteiger partial charge in [-0.25, -0.2) is 4.39 Å². The van der Waals surface area contributed by atoms with Crippen molar-refractivity contribution < 1.29 is 4.39 Å². The maximum atomic E-state index is 14.6. The van der Waals surface area contributed by atoms with E-state index in [1.165, 1.54) is 0 Å². The molecule has 2 rings (SSSR count). The lowest BCUT2D eigenvalue weighted by atomic mass is 9.76. The molecule has 1 aromatic carbocycles. The van der Waals surface area contributed by atoms with Crippen molar-refractivity contribution in [3.63, 3.8) is 0 Å². The van der Waals surface area contributed by atoms with Gasteiger partial charge < -0.3 is 0 Å². The Hall–Kier alpha value is -2.51. The number of allylic oxidation sites excluding steroid dienone is 5. The van der Waals surface area contributed by atoms with Crippen LogP contribution in [0.5, 0.6) is 0 Å². The number of nitrogens with zero attached hydrogens (tertiary/aromatic N) is 2. The first-order chi connectivity index (χ1) is 11.9. The van der Waals surface area contributed by atoms with Gasteiger partial charge in [-0.2, -0.15) is 5.10 Å². The molecule has 1 aromatic rings. The largest absolute Gasteiger partial charge is 0.206 e. The van der Waals surface area contributed by atoms with Gasteiger partial charge in [0.05, 0.1) is 5.71 Å². The van der Waals surface area contributed by atoms with Crippen LogP contribution in [0.3, 0.4) is 0 Å². The van der Waals surface area contributed by atoms with E-state index in [1.807, 2.05) is 26.0 Å². The predicted molar refractivity (Wildman–Crippen MR) is 105 cm³/mol. The zero-order valence-electron chi connectivity index (χ0n) is 15.4. The number of hydrogen-bond donors (Lipinski definition) is 0. The first-order valence-electron chi connectivity index (χ1n) is 8.54. The molecule has 1 aliphatic carbocycles. The average molecular weight is 336 g/mol. The van der Waals surface area contributed by atoms with Crippen LogP contribution in [0.15, 0.2) is 70.6 Å². The predicted octanol–water partition coefficient (Wildman–Crippen LogP) is 5.81. The smallest absolute Gasteiger partial charge is 0.135 e. The maximum Gasteiger partial charge on any atom is 0.135 e. The lowest BCUT2D eigenvalue weighted by Crippen LogP contribution is -2.21. The van der Waals surface area contributed by atoms with Crippen molar-refractivity contribution in [2.24, 2.45) is 15.6 Å². The highest BCUT2D eigenvalue weighted by atomic mass is 19.1. The average Bonchev–Trinajstić information content (AvgIpc) is 2.58. The molecule has 0 N–H and O–H groups in total. The van der Waals surface area contributed by atoms with Gasteiger partial charge in [-0.3, -0.25) is 0 Å². The quantitative estimate of drug-likeness (QED) is 0.368. The zero-order valence-corrected chi connectivity index (χ0v) is 15.4. The van der Waals surface area contributed by atoms with E-state index in [9.17, 15) is 4.39 Å². The summed E-state index contributed by atoms with van der Waals surface area (Å²) in [6.07, 6.45) is 9.41. The third-order valence-electron chi connectivity index (χ3n) is 4.43. The molecule has 0 aliphatic heterocycles. The van der Waals surface area contributed by atoms with Gasteiger partial charge in [0.25, 0.3) is 0 Å². The number of benzene rings is 1. The van der Waals surface area contributed by atoms with Crippen LogP contribution < -0.4 is 0 Å². The second kappa shape index (κ2) is 8.04. The van der Waals surface area contributed by atoms with Crippen molar-refractivity contribution in [3.05, 3.63) is 77.3 Å². The van der Waals surface area contributed by atoms with Gasteiger partial charge in [-0.1, -0.05) is 57.7 Å². The third-order valence-corrected chi connectivity index (χ3v) is 4.43. The van der Waals surface area contributed by atoms with Crippen LogP contribution in [0.1, 0.15) is 45.2 Å². The molecular formula is C22H25FN2. The minimum Gasteiger partial charge on any atom is -0.206 e. The molecule has 0 amide bonds. The van der Waals surface area contributed by atoms with E-state index in [2.05, 4.69) is 48.5 Å². The Kier molecular flexibility index (Phi) is 6.06. The van der Waals surface area contributed by atoms with Crippen LogP contribution in [0.4, 0.5) is 4.39 Å². The second-order valence-corrected chi connectivity index (χ2v) is 6.75. The third kappa shape index (κ3) is 4.32. The molecular weight excluding hydrogens is 311 g/mol. The standard InChI is InChI=1S/C22H25FN2/c1-6-11-20(18-13-10-12-17(7-2)21(18)23)25-24-16(3)19-14-8-9-15-22(19,4)5/h8-14H,1,7,15H2,2-5H3/b24-16+,25-20+. The summed E-state index contributed by atoms with van der Waals surface area (Å²) in [5, 5.41) is 8.67. The summed E-state index contributed by atoms with van der Waals surface area (Å²) in [6, 6.07) is 5.32. The number of aryl methyl sites for hydroxylation is 1. The van der Waals surface area contributed by atoms with Gasteiger partial charge in [-0.15, -0.1) is 10.8 Å². The van der Waals surface area contributed by atoms with Crippen LogP contribution in [0.2, 0.25) is 0 Å². The SMILES string of the molecule is C=C=C/C(=N\N=C(/C)C1=CC=CCC1(C)C)c1cccc(CC)c1F. The molecule has 2 nitrogen and oxygen atoms in total. The molecule has 0 spiro atoms. The van der Waals surface area contributed by atoms with Crippen molar-refractivity contribution in [3.8, 4) is 0 Å². The minimum absolute atomic E-state index is 0.0136. The lowest BCUT2D eigenvalue weighted by molar-refractivity contribution is 0.466. The Labute approximate surface area is 149 Å². The fraction of sp³-hybridized carbons (Fsp3) is 0.318. The molecule has 1 aliphatic rings. The van der Waals surface area contributed by atoms with Crippen LogP contribution in [-0.4, -0.2) is 11.4 Å². The molecule has 3 heteroatoms. The Bertz CT molecular complexity index is 816. The normalized spacial score (nSPS) is 17.1. The van der Waals surface area contributed by atoms with Gasteiger partial charge in [0.2, 0.25) is 0 Å². The van der Waals surface area contributed by atoms with Crippen LogP contribution in [0.25, 0.3) is 0 Å². The first kappa shape index (κ1) is 18.8. The highest BCUT2D eigenvalue weighted by Crippen LogP contribution is 2.34. The molecule has 0 atom stereocenters. The Balaban J connectivity index is 2.46. The van der Waals surface area contributed by atoms with Crippen molar-refractivity contribution in [1.29, 1.82) is 0 Å². The monoisotopic (exact) mass is 336 g/mol. The van der Waals surface area contributed by atoms with E-state index in [0.29, 0.717) is 23.3 Å². The first-order valence-corrected chi connectivity index (χ1v) is 8.54. The van der Waals surface area contributed by atoms with Gasteiger partial charge in [0.1, 0.15) is 11.5 Å². The summed E-state index contributed by atoms with van der Waals surface area (Å²) in [6.45, 7) is 11.8. The molecule has 0 bridgehead atoms. The van der Waals surface area contributed by atoms with E-state index in [-0.39, 0.29) is 11.2 Å². The molecule has 0 radical (unpaired) electrons. The summed E-state index contributed by atoms with van der Waals surface area (Å²) < 4.78 is 14.6. The van der Waals surface area contributed by atoms with E-state index in [4.69, 9.17) is 0 Å². The van der Waals surface area contributed by atoms with E-state index in [0.717, 1.165) is 17.7 Å². The minimum atomic E-state index is -0.261. The Morgan fingerprint density at radius 3 is 2.76 bits per heavy atom. The maximum absolute atomic E-state index is 14.6. The van der Waals surface area contributed by atoms with E-state index < -0.39 is 0 Å². The highest BCUT2D eigenvalue weighted by Gasteiger charge is 2.25. The van der Waals surface area contributed by atoms with Gasteiger partial charge in [0.15, 0.2) is 0 Å². The number of hydrogen-bond acceptors (Lipinski definition) is 2. The molecule has 0 unspecified atom stereocenters. The Morgan fingerprint density at radius 1 is 1.36 bits per heavy atom. The highest BCUT2D eigenvalue weighted by molar-refractivity contribution is 6.09. The van der Waals surface area contributed by atoms with Crippen LogP contribution >= 0.6 is 0 Å². The van der Waals surface area contributed by atoms with Gasteiger partial charge in [0, 0.05) is 11.6 Å². The zero-order chi connectivity index (χ0) is 18.4. The lowest BCUT2D eigenvalue weighted by Gasteiger charge is -2.28.